The van der Waals surface area contributed by atoms with Gasteiger partial charge in [-0.2, -0.15) is 5.10 Å². The normalized spacial score (nSPS) is 14.6. The largest absolute Gasteiger partial charge is 0.368 e. The SMILES string of the molecule is Clc1ccc(-n2ncc3c(N4CCN(c5cccc(Cl)c5)CC4)ncnc32)cc1. The third-order valence-electron chi connectivity index (χ3n) is 5.17. The quantitative estimate of drug-likeness (QED) is 0.486. The van der Waals surface area contributed by atoms with Crippen molar-refractivity contribution in [2.75, 3.05) is 36.0 Å². The van der Waals surface area contributed by atoms with Gasteiger partial charge in [0.15, 0.2) is 5.65 Å². The van der Waals surface area contributed by atoms with E-state index < -0.39 is 0 Å². The smallest absolute Gasteiger partial charge is 0.168 e. The summed E-state index contributed by atoms with van der Waals surface area (Å²) in [4.78, 5) is 13.7. The van der Waals surface area contributed by atoms with E-state index in [9.17, 15) is 0 Å². The lowest BCUT2D eigenvalue weighted by molar-refractivity contribution is 0.649. The van der Waals surface area contributed by atoms with Gasteiger partial charge in [-0.05, 0) is 42.5 Å². The van der Waals surface area contributed by atoms with E-state index >= 15 is 0 Å². The molecule has 0 atom stereocenters. The number of rotatable bonds is 3. The second kappa shape index (κ2) is 7.54. The van der Waals surface area contributed by atoms with Gasteiger partial charge in [0.1, 0.15) is 12.1 Å². The molecule has 0 aliphatic carbocycles. The second-order valence-corrected chi connectivity index (χ2v) is 7.79. The highest BCUT2D eigenvalue weighted by Gasteiger charge is 2.22. The minimum Gasteiger partial charge on any atom is -0.368 e. The summed E-state index contributed by atoms with van der Waals surface area (Å²) in [6.07, 6.45) is 3.44. The van der Waals surface area contributed by atoms with Crippen LogP contribution in [0.5, 0.6) is 0 Å². The maximum Gasteiger partial charge on any atom is 0.168 e. The Bertz CT molecular complexity index is 1150. The number of halogens is 2. The Morgan fingerprint density at radius 3 is 2.28 bits per heavy atom. The number of fused-ring (bicyclic) bond motifs is 1. The molecule has 0 spiro atoms. The minimum absolute atomic E-state index is 0.693. The highest BCUT2D eigenvalue weighted by Crippen LogP contribution is 2.27. The Kier molecular flexibility index (Phi) is 4.73. The number of aromatic nitrogens is 4. The summed E-state index contributed by atoms with van der Waals surface area (Å²) >= 11 is 12.2. The molecule has 0 bridgehead atoms. The van der Waals surface area contributed by atoms with Gasteiger partial charge in [0.25, 0.3) is 0 Å². The van der Waals surface area contributed by atoms with Gasteiger partial charge in [-0.15, -0.1) is 0 Å². The summed E-state index contributed by atoms with van der Waals surface area (Å²) in [6.45, 7) is 3.53. The lowest BCUT2D eigenvalue weighted by atomic mass is 10.2. The third-order valence-corrected chi connectivity index (χ3v) is 5.66. The van der Waals surface area contributed by atoms with Crippen molar-refractivity contribution in [3.63, 3.8) is 0 Å². The van der Waals surface area contributed by atoms with Crippen molar-refractivity contribution < 1.29 is 0 Å². The Morgan fingerprint density at radius 1 is 0.759 bits per heavy atom. The molecule has 8 heteroatoms. The van der Waals surface area contributed by atoms with E-state index in [2.05, 4.69) is 30.9 Å². The van der Waals surface area contributed by atoms with Crippen molar-refractivity contribution >= 4 is 45.7 Å². The van der Waals surface area contributed by atoms with Gasteiger partial charge in [-0.3, -0.25) is 0 Å². The Balaban J connectivity index is 1.41. The molecule has 2 aromatic heterocycles. The van der Waals surface area contributed by atoms with E-state index in [-0.39, 0.29) is 0 Å². The molecule has 6 nitrogen and oxygen atoms in total. The lowest BCUT2D eigenvalue weighted by Gasteiger charge is -2.36. The van der Waals surface area contributed by atoms with Crippen LogP contribution in [0.25, 0.3) is 16.7 Å². The van der Waals surface area contributed by atoms with E-state index in [1.165, 1.54) is 0 Å². The van der Waals surface area contributed by atoms with Crippen LogP contribution < -0.4 is 9.80 Å². The number of anilines is 2. The number of benzene rings is 2. The van der Waals surface area contributed by atoms with Gasteiger partial charge >= 0.3 is 0 Å². The van der Waals surface area contributed by atoms with E-state index in [0.29, 0.717) is 5.02 Å². The zero-order valence-electron chi connectivity index (χ0n) is 15.5. The van der Waals surface area contributed by atoms with Crippen LogP contribution in [0.2, 0.25) is 10.0 Å². The van der Waals surface area contributed by atoms with Crippen molar-refractivity contribution in [3.05, 3.63) is 71.1 Å². The number of hydrogen-bond acceptors (Lipinski definition) is 5. The first-order valence-electron chi connectivity index (χ1n) is 9.39. The molecule has 0 radical (unpaired) electrons. The van der Waals surface area contributed by atoms with Crippen LogP contribution in [-0.2, 0) is 0 Å². The van der Waals surface area contributed by atoms with Crippen molar-refractivity contribution in [2.45, 2.75) is 0 Å². The van der Waals surface area contributed by atoms with Gasteiger partial charge in [-0.1, -0.05) is 29.3 Å². The monoisotopic (exact) mass is 424 g/mol. The first-order valence-corrected chi connectivity index (χ1v) is 10.1. The van der Waals surface area contributed by atoms with Gasteiger partial charge < -0.3 is 9.80 Å². The molecule has 146 valence electrons. The standard InChI is InChI=1S/C21H18Cl2N6/c22-15-4-6-17(7-5-15)29-21-19(13-26-29)20(24-14-25-21)28-10-8-27(9-11-28)18-3-1-2-16(23)12-18/h1-7,12-14H,8-11H2. The molecular weight excluding hydrogens is 407 g/mol. The van der Waals surface area contributed by atoms with Crippen molar-refractivity contribution in [1.82, 2.24) is 19.7 Å². The summed E-state index contributed by atoms with van der Waals surface area (Å²) in [6, 6.07) is 15.6. The Hall–Kier alpha value is -2.83. The zero-order valence-corrected chi connectivity index (χ0v) is 17.1. The fourth-order valence-corrected chi connectivity index (χ4v) is 4.01. The highest BCUT2D eigenvalue weighted by atomic mass is 35.5. The highest BCUT2D eigenvalue weighted by molar-refractivity contribution is 6.31. The molecule has 29 heavy (non-hydrogen) atoms. The topological polar surface area (TPSA) is 50.1 Å². The van der Waals surface area contributed by atoms with Crippen LogP contribution in [0.3, 0.4) is 0 Å². The molecule has 0 unspecified atom stereocenters. The average Bonchev–Trinajstić information content (AvgIpc) is 3.19. The summed E-state index contributed by atoms with van der Waals surface area (Å²) < 4.78 is 1.82. The van der Waals surface area contributed by atoms with E-state index in [4.69, 9.17) is 23.2 Å². The predicted octanol–water partition coefficient (Wildman–Crippen LogP) is 4.45. The molecule has 1 saturated heterocycles. The first-order chi connectivity index (χ1) is 14.2. The fraction of sp³-hybridized carbons (Fsp3) is 0.190. The maximum absolute atomic E-state index is 6.14. The molecule has 4 aromatic rings. The molecule has 1 aliphatic rings. The van der Waals surface area contributed by atoms with Crippen LogP contribution >= 0.6 is 23.2 Å². The molecule has 0 amide bonds. The van der Waals surface area contributed by atoms with Crippen LogP contribution in [0.4, 0.5) is 11.5 Å². The maximum atomic E-state index is 6.14. The van der Waals surface area contributed by atoms with E-state index in [1.807, 2.05) is 53.3 Å². The third kappa shape index (κ3) is 3.50. The predicted molar refractivity (Wildman–Crippen MR) is 118 cm³/mol. The second-order valence-electron chi connectivity index (χ2n) is 6.92. The van der Waals surface area contributed by atoms with Gasteiger partial charge in [-0.25, -0.2) is 14.6 Å². The van der Waals surface area contributed by atoms with Crippen LogP contribution in [0, 0.1) is 0 Å². The molecule has 1 fully saturated rings. The first kappa shape index (κ1) is 18.2. The van der Waals surface area contributed by atoms with Crippen molar-refractivity contribution in [3.8, 4) is 5.69 Å². The van der Waals surface area contributed by atoms with Gasteiger partial charge in [0.2, 0.25) is 0 Å². The molecule has 0 saturated carbocycles. The summed E-state index contributed by atoms with van der Waals surface area (Å²) in [5.41, 5.74) is 2.86. The molecule has 2 aromatic carbocycles. The Morgan fingerprint density at radius 2 is 1.52 bits per heavy atom. The summed E-state index contributed by atoms with van der Waals surface area (Å²) in [5, 5.41) is 6.94. The van der Waals surface area contributed by atoms with Crippen LogP contribution in [-0.4, -0.2) is 45.9 Å². The Labute approximate surface area is 178 Å². The zero-order chi connectivity index (χ0) is 19.8. The van der Waals surface area contributed by atoms with Crippen LogP contribution in [0.1, 0.15) is 0 Å². The molecule has 3 heterocycles. The molecule has 5 rings (SSSR count). The molecule has 1 aliphatic heterocycles. The minimum atomic E-state index is 0.693. The van der Waals surface area contributed by atoms with Gasteiger partial charge in [0.05, 0.1) is 17.3 Å². The number of piperazine rings is 1. The number of nitrogens with zero attached hydrogens (tertiary/aromatic N) is 6. The van der Waals surface area contributed by atoms with E-state index in [1.54, 1.807) is 6.33 Å². The fourth-order valence-electron chi connectivity index (χ4n) is 3.70. The summed E-state index contributed by atoms with van der Waals surface area (Å²) in [7, 11) is 0. The molecular formula is C21H18Cl2N6. The summed E-state index contributed by atoms with van der Waals surface area (Å²) in [5.74, 6) is 0.918. The lowest BCUT2D eigenvalue weighted by Crippen LogP contribution is -2.46. The van der Waals surface area contributed by atoms with Crippen molar-refractivity contribution in [2.24, 2.45) is 0 Å². The number of hydrogen-bond donors (Lipinski definition) is 0. The molecule has 0 N–H and O–H groups in total. The van der Waals surface area contributed by atoms with Crippen molar-refractivity contribution in [1.29, 1.82) is 0 Å². The average molecular weight is 425 g/mol. The van der Waals surface area contributed by atoms with Crippen LogP contribution in [0.15, 0.2) is 61.1 Å². The van der Waals surface area contributed by atoms with Gasteiger partial charge in [0, 0.05) is 41.9 Å². The van der Waals surface area contributed by atoms with E-state index in [0.717, 1.165) is 59.4 Å².